The lowest BCUT2D eigenvalue weighted by Crippen LogP contribution is -2.25. The van der Waals surface area contributed by atoms with Gasteiger partial charge in [-0.2, -0.15) is 0 Å². The van der Waals surface area contributed by atoms with Gasteiger partial charge in [0.1, 0.15) is 6.10 Å². The minimum atomic E-state index is -0.307. The number of esters is 1. The summed E-state index contributed by atoms with van der Waals surface area (Å²) in [7, 11) is 0. The van der Waals surface area contributed by atoms with Gasteiger partial charge in [-0.3, -0.25) is 0 Å². The molecule has 1 heterocycles. The van der Waals surface area contributed by atoms with E-state index >= 15 is 0 Å². The zero-order valence-corrected chi connectivity index (χ0v) is 12.8. The Morgan fingerprint density at radius 2 is 1.76 bits per heavy atom. The minimum absolute atomic E-state index is 0.122. The third kappa shape index (κ3) is 3.34. The van der Waals surface area contributed by atoms with Gasteiger partial charge in [0.2, 0.25) is 0 Å². The lowest BCUT2D eigenvalue weighted by Gasteiger charge is -2.24. The Bertz CT molecular complexity index is 652. The Morgan fingerprint density at radius 3 is 2.38 bits per heavy atom. The van der Waals surface area contributed by atoms with Gasteiger partial charge in [0, 0.05) is 16.2 Å². The van der Waals surface area contributed by atoms with Crippen molar-refractivity contribution in [3.05, 3.63) is 76.8 Å². The number of cyclic esters (lactones) is 1. The van der Waals surface area contributed by atoms with E-state index in [0.717, 1.165) is 15.7 Å². The SMILES string of the molecule is O=C1C=C[C@@H]([C@H](Nc2ccccc2)c2ccc(Br)cc2)O1. The fraction of sp³-hybridized carbons (Fsp3) is 0.118. The van der Waals surface area contributed by atoms with Crippen LogP contribution in [0.15, 0.2) is 71.2 Å². The molecule has 0 aromatic heterocycles. The normalized spacial score (nSPS) is 18.3. The van der Waals surface area contributed by atoms with E-state index in [1.807, 2.05) is 54.6 Å². The van der Waals surface area contributed by atoms with Gasteiger partial charge in [0.05, 0.1) is 6.04 Å². The van der Waals surface area contributed by atoms with Crippen molar-refractivity contribution in [1.29, 1.82) is 0 Å². The summed E-state index contributed by atoms with van der Waals surface area (Å²) in [5, 5.41) is 3.43. The molecule has 0 aliphatic carbocycles. The lowest BCUT2D eigenvalue weighted by molar-refractivity contribution is -0.139. The van der Waals surface area contributed by atoms with Crippen molar-refractivity contribution in [1.82, 2.24) is 0 Å². The summed E-state index contributed by atoms with van der Waals surface area (Å²) in [5.74, 6) is -0.294. The highest BCUT2D eigenvalue weighted by Crippen LogP contribution is 2.28. The summed E-state index contributed by atoms with van der Waals surface area (Å²) < 4.78 is 6.37. The second-order valence-electron chi connectivity index (χ2n) is 4.80. The van der Waals surface area contributed by atoms with Crippen LogP contribution in [0.4, 0.5) is 5.69 Å². The van der Waals surface area contributed by atoms with E-state index in [2.05, 4.69) is 21.2 Å². The van der Waals surface area contributed by atoms with Crippen LogP contribution < -0.4 is 5.32 Å². The van der Waals surface area contributed by atoms with E-state index in [1.54, 1.807) is 6.08 Å². The summed E-state index contributed by atoms with van der Waals surface area (Å²) in [5.41, 5.74) is 2.05. The molecule has 3 nitrogen and oxygen atoms in total. The first-order valence-corrected chi connectivity index (χ1v) is 7.47. The standard InChI is InChI=1S/C17H14BrNO2/c18-13-8-6-12(7-9-13)17(15-10-11-16(20)21-15)19-14-4-2-1-3-5-14/h1-11,15,17,19H/t15-,17+/m0/s1. The van der Waals surface area contributed by atoms with Gasteiger partial charge in [-0.25, -0.2) is 4.79 Å². The predicted molar refractivity (Wildman–Crippen MR) is 86.0 cm³/mol. The fourth-order valence-electron chi connectivity index (χ4n) is 2.30. The Labute approximate surface area is 131 Å². The van der Waals surface area contributed by atoms with Crippen LogP contribution in [-0.2, 0) is 9.53 Å². The van der Waals surface area contributed by atoms with Crippen molar-refractivity contribution in [2.45, 2.75) is 12.1 Å². The first-order chi connectivity index (χ1) is 10.2. The van der Waals surface area contributed by atoms with E-state index in [4.69, 9.17) is 4.74 Å². The average Bonchev–Trinajstić information content (AvgIpc) is 2.93. The monoisotopic (exact) mass is 343 g/mol. The Morgan fingerprint density at radius 1 is 1.05 bits per heavy atom. The Balaban J connectivity index is 1.89. The molecule has 1 N–H and O–H groups in total. The van der Waals surface area contributed by atoms with Gasteiger partial charge in [-0.1, -0.05) is 46.3 Å². The number of para-hydroxylation sites is 1. The summed E-state index contributed by atoms with van der Waals surface area (Å²) >= 11 is 3.43. The van der Waals surface area contributed by atoms with Gasteiger partial charge in [-0.15, -0.1) is 0 Å². The molecule has 0 fully saturated rings. The second kappa shape index (κ2) is 6.14. The van der Waals surface area contributed by atoms with E-state index < -0.39 is 0 Å². The van der Waals surface area contributed by atoms with Crippen LogP contribution >= 0.6 is 15.9 Å². The van der Waals surface area contributed by atoms with Gasteiger partial charge in [0.25, 0.3) is 0 Å². The molecule has 0 saturated heterocycles. The highest BCUT2D eigenvalue weighted by molar-refractivity contribution is 9.10. The third-order valence-electron chi connectivity index (χ3n) is 3.33. The molecule has 0 radical (unpaired) electrons. The van der Waals surface area contributed by atoms with Crippen LogP contribution in [0.3, 0.4) is 0 Å². The predicted octanol–water partition coefficient (Wildman–Crippen LogP) is 4.08. The molecule has 1 aliphatic heterocycles. The number of hydrogen-bond donors (Lipinski definition) is 1. The third-order valence-corrected chi connectivity index (χ3v) is 3.86. The topological polar surface area (TPSA) is 38.3 Å². The maximum Gasteiger partial charge on any atom is 0.331 e. The zero-order valence-electron chi connectivity index (χ0n) is 11.2. The van der Waals surface area contributed by atoms with Crippen molar-refractivity contribution >= 4 is 27.6 Å². The number of benzene rings is 2. The number of rotatable bonds is 4. The van der Waals surface area contributed by atoms with Gasteiger partial charge in [-0.05, 0) is 35.9 Å². The highest BCUT2D eigenvalue weighted by Gasteiger charge is 2.27. The van der Waals surface area contributed by atoms with E-state index in [9.17, 15) is 4.79 Å². The summed E-state index contributed by atoms with van der Waals surface area (Å²) in [6.07, 6.45) is 2.97. The number of anilines is 1. The van der Waals surface area contributed by atoms with Crippen molar-refractivity contribution in [3.8, 4) is 0 Å². The van der Waals surface area contributed by atoms with Crippen molar-refractivity contribution in [2.24, 2.45) is 0 Å². The largest absolute Gasteiger partial charge is 0.452 e. The molecule has 21 heavy (non-hydrogen) atoms. The van der Waals surface area contributed by atoms with E-state index in [1.165, 1.54) is 6.08 Å². The van der Waals surface area contributed by atoms with Gasteiger partial charge >= 0.3 is 5.97 Å². The smallest absolute Gasteiger partial charge is 0.331 e. The number of halogens is 1. The maximum atomic E-state index is 11.4. The van der Waals surface area contributed by atoms with Crippen LogP contribution in [0.5, 0.6) is 0 Å². The average molecular weight is 344 g/mol. The molecule has 4 heteroatoms. The molecule has 0 amide bonds. The maximum absolute atomic E-state index is 11.4. The van der Waals surface area contributed by atoms with Gasteiger partial charge in [0.15, 0.2) is 0 Å². The lowest BCUT2D eigenvalue weighted by atomic mass is 10.0. The molecule has 0 bridgehead atoms. The molecule has 0 saturated carbocycles. The Kier molecular flexibility index (Phi) is 4.06. The van der Waals surface area contributed by atoms with Gasteiger partial charge < -0.3 is 10.1 Å². The van der Waals surface area contributed by atoms with Crippen molar-refractivity contribution < 1.29 is 9.53 Å². The van der Waals surface area contributed by atoms with Crippen LogP contribution in [0.1, 0.15) is 11.6 Å². The zero-order chi connectivity index (χ0) is 14.7. The quantitative estimate of drug-likeness (QED) is 0.850. The fourth-order valence-corrected chi connectivity index (χ4v) is 2.57. The number of hydrogen-bond acceptors (Lipinski definition) is 3. The summed E-state index contributed by atoms with van der Waals surface area (Å²) in [6, 6.07) is 17.8. The van der Waals surface area contributed by atoms with Crippen molar-refractivity contribution in [3.63, 3.8) is 0 Å². The number of ether oxygens (including phenoxy) is 1. The molecular weight excluding hydrogens is 330 g/mol. The van der Waals surface area contributed by atoms with Crippen LogP contribution in [0.2, 0.25) is 0 Å². The molecule has 106 valence electrons. The molecule has 0 unspecified atom stereocenters. The molecule has 1 aliphatic rings. The summed E-state index contributed by atoms with van der Waals surface area (Å²) in [4.78, 5) is 11.4. The summed E-state index contributed by atoms with van der Waals surface area (Å²) in [6.45, 7) is 0. The van der Waals surface area contributed by atoms with Crippen molar-refractivity contribution in [2.75, 3.05) is 5.32 Å². The van der Waals surface area contributed by atoms with Crippen LogP contribution in [0, 0.1) is 0 Å². The first kappa shape index (κ1) is 13.9. The molecule has 2 atom stereocenters. The van der Waals surface area contributed by atoms with E-state index in [-0.39, 0.29) is 18.1 Å². The molecule has 2 aromatic rings. The van der Waals surface area contributed by atoms with Crippen LogP contribution in [0.25, 0.3) is 0 Å². The molecule has 3 rings (SSSR count). The first-order valence-electron chi connectivity index (χ1n) is 6.68. The second-order valence-corrected chi connectivity index (χ2v) is 5.72. The Hall–Kier alpha value is -2.07. The molecular formula is C17H14BrNO2. The van der Waals surface area contributed by atoms with Crippen LogP contribution in [-0.4, -0.2) is 12.1 Å². The molecule has 0 spiro atoms. The highest BCUT2D eigenvalue weighted by atomic mass is 79.9. The minimum Gasteiger partial charge on any atom is -0.452 e. The number of nitrogens with one attached hydrogen (secondary N) is 1. The number of carbonyl (C=O) groups excluding carboxylic acids is 1. The number of carbonyl (C=O) groups is 1. The van der Waals surface area contributed by atoms with E-state index in [0.29, 0.717) is 0 Å². The molecule has 2 aromatic carbocycles.